The van der Waals surface area contributed by atoms with Crippen LogP contribution in [0.1, 0.15) is 74.2 Å². The molecule has 4 heteroatoms. The van der Waals surface area contributed by atoms with Crippen molar-refractivity contribution >= 4 is 11.8 Å². The molecule has 0 amide bonds. The molecule has 0 heterocycles. The summed E-state index contributed by atoms with van der Waals surface area (Å²) in [4.78, 5) is 23.8. The first-order valence-electron chi connectivity index (χ1n) is 8.59. The smallest absolute Gasteiger partial charge is 0.305 e. The van der Waals surface area contributed by atoms with E-state index < -0.39 is 12.0 Å². The van der Waals surface area contributed by atoms with Gasteiger partial charge in [0, 0.05) is 11.6 Å². The molecule has 1 unspecified atom stereocenters. The van der Waals surface area contributed by atoms with Crippen molar-refractivity contribution in [2.45, 2.75) is 70.4 Å². The van der Waals surface area contributed by atoms with Crippen LogP contribution in [0.2, 0.25) is 0 Å². The Kier molecular flexibility index (Phi) is 6.34. The fourth-order valence-electron chi connectivity index (χ4n) is 3.19. The van der Waals surface area contributed by atoms with Crippen LogP contribution in [0, 0.1) is 0 Å². The summed E-state index contributed by atoms with van der Waals surface area (Å²) in [6, 6.07) is 7.16. The van der Waals surface area contributed by atoms with Gasteiger partial charge in [0.15, 0.2) is 5.78 Å². The molecule has 1 saturated carbocycles. The number of carboxylic acid groups (broad SMARTS) is 1. The Hall–Kier alpha value is -1.68. The molecule has 0 aliphatic heterocycles. The molecule has 1 aliphatic carbocycles. The van der Waals surface area contributed by atoms with Crippen LogP contribution in [0.3, 0.4) is 0 Å². The van der Waals surface area contributed by atoms with Crippen LogP contribution in [0.15, 0.2) is 24.3 Å². The van der Waals surface area contributed by atoms with Gasteiger partial charge in [-0.2, -0.15) is 0 Å². The lowest BCUT2D eigenvalue weighted by Crippen LogP contribution is -2.45. The van der Waals surface area contributed by atoms with E-state index in [2.05, 4.69) is 19.2 Å². The Labute approximate surface area is 138 Å². The van der Waals surface area contributed by atoms with Gasteiger partial charge in [-0.25, -0.2) is 0 Å². The molecular formula is C19H27NO3. The lowest BCUT2D eigenvalue weighted by molar-refractivity contribution is -0.137. The number of ketones is 1. The van der Waals surface area contributed by atoms with E-state index in [-0.39, 0.29) is 18.2 Å². The molecule has 1 atom stereocenters. The second kappa shape index (κ2) is 8.25. The van der Waals surface area contributed by atoms with Crippen molar-refractivity contribution in [1.82, 2.24) is 5.32 Å². The van der Waals surface area contributed by atoms with Gasteiger partial charge in [0.1, 0.15) is 0 Å². The fraction of sp³-hybridized carbons (Fsp3) is 0.579. The molecule has 1 fully saturated rings. The number of rotatable bonds is 7. The van der Waals surface area contributed by atoms with Crippen molar-refractivity contribution in [1.29, 1.82) is 0 Å². The highest BCUT2D eigenvalue weighted by molar-refractivity contribution is 6.01. The van der Waals surface area contributed by atoms with Crippen LogP contribution in [0.5, 0.6) is 0 Å². The highest BCUT2D eigenvalue weighted by Gasteiger charge is 2.26. The van der Waals surface area contributed by atoms with Gasteiger partial charge >= 0.3 is 5.97 Å². The molecule has 4 nitrogen and oxygen atoms in total. The van der Waals surface area contributed by atoms with Gasteiger partial charge in [-0.15, -0.1) is 0 Å². The van der Waals surface area contributed by atoms with Crippen molar-refractivity contribution in [3.8, 4) is 0 Å². The summed E-state index contributed by atoms with van der Waals surface area (Å²) >= 11 is 0. The molecule has 2 rings (SSSR count). The highest BCUT2D eigenvalue weighted by atomic mass is 16.4. The number of Topliss-reactive ketones (excluding diaryl/α,β-unsaturated/α-hetero) is 1. The predicted octanol–water partition coefficient (Wildman–Crippen LogP) is 3.76. The van der Waals surface area contributed by atoms with Crippen LogP contribution in [-0.2, 0) is 4.79 Å². The summed E-state index contributed by atoms with van der Waals surface area (Å²) in [7, 11) is 0. The normalized spacial score (nSPS) is 17.2. The summed E-state index contributed by atoms with van der Waals surface area (Å²) < 4.78 is 0. The zero-order valence-electron chi connectivity index (χ0n) is 14.0. The van der Waals surface area contributed by atoms with Gasteiger partial charge in [-0.05, 0) is 24.3 Å². The first-order chi connectivity index (χ1) is 11.0. The Balaban J connectivity index is 2.09. The number of hydrogen-bond acceptors (Lipinski definition) is 3. The number of carbonyl (C=O) groups excluding carboxylic acids is 1. The molecule has 0 aromatic heterocycles. The largest absolute Gasteiger partial charge is 0.481 e. The fourth-order valence-corrected chi connectivity index (χ4v) is 3.19. The van der Waals surface area contributed by atoms with E-state index in [1.807, 2.05) is 24.3 Å². The molecule has 126 valence electrons. The van der Waals surface area contributed by atoms with Crippen LogP contribution >= 0.6 is 0 Å². The summed E-state index contributed by atoms with van der Waals surface area (Å²) in [6.07, 6.45) is 5.41. The molecule has 0 saturated heterocycles. The number of hydrogen-bond donors (Lipinski definition) is 2. The number of nitrogens with one attached hydrogen (secondary N) is 1. The van der Waals surface area contributed by atoms with Crippen molar-refractivity contribution in [3.63, 3.8) is 0 Å². The Morgan fingerprint density at radius 1 is 1.13 bits per heavy atom. The second-order valence-corrected chi connectivity index (χ2v) is 6.79. The standard InChI is InChI=1S/C19H27NO3/c1-13(2)14-8-10-15(11-9-14)19(23)17(12-18(21)22)20-16-6-4-3-5-7-16/h8-11,13,16-17,20H,3-7,12H2,1-2H3,(H,21,22). The molecule has 2 N–H and O–H groups in total. The van der Waals surface area contributed by atoms with Crippen LogP contribution in [-0.4, -0.2) is 28.9 Å². The SMILES string of the molecule is CC(C)c1ccc(C(=O)C(CC(=O)O)NC2CCCCC2)cc1. The maximum atomic E-state index is 12.7. The van der Waals surface area contributed by atoms with E-state index in [0.29, 0.717) is 11.5 Å². The molecule has 1 aromatic rings. The molecule has 0 bridgehead atoms. The quantitative estimate of drug-likeness (QED) is 0.752. The second-order valence-electron chi connectivity index (χ2n) is 6.79. The highest BCUT2D eigenvalue weighted by Crippen LogP contribution is 2.20. The van der Waals surface area contributed by atoms with E-state index in [1.165, 1.54) is 12.0 Å². The zero-order chi connectivity index (χ0) is 16.8. The Morgan fingerprint density at radius 2 is 1.74 bits per heavy atom. The van der Waals surface area contributed by atoms with Gasteiger partial charge in [0.05, 0.1) is 12.5 Å². The van der Waals surface area contributed by atoms with E-state index >= 15 is 0 Å². The van der Waals surface area contributed by atoms with Crippen LogP contribution in [0.4, 0.5) is 0 Å². The average Bonchev–Trinajstić information content (AvgIpc) is 2.54. The minimum atomic E-state index is -0.939. The van der Waals surface area contributed by atoms with Crippen LogP contribution < -0.4 is 5.32 Å². The first-order valence-corrected chi connectivity index (χ1v) is 8.59. The Bertz CT molecular complexity index is 530. The number of carbonyl (C=O) groups is 2. The third kappa shape index (κ3) is 5.17. The van der Waals surface area contributed by atoms with E-state index in [0.717, 1.165) is 25.7 Å². The lowest BCUT2D eigenvalue weighted by atomic mass is 9.92. The summed E-state index contributed by atoms with van der Waals surface area (Å²) in [5, 5.41) is 12.4. The Morgan fingerprint density at radius 3 is 2.26 bits per heavy atom. The van der Waals surface area contributed by atoms with Gasteiger partial charge in [0.2, 0.25) is 0 Å². The molecule has 23 heavy (non-hydrogen) atoms. The monoisotopic (exact) mass is 317 g/mol. The topological polar surface area (TPSA) is 66.4 Å². The summed E-state index contributed by atoms with van der Waals surface area (Å²) in [6.45, 7) is 4.21. The molecular weight excluding hydrogens is 290 g/mol. The lowest BCUT2D eigenvalue weighted by Gasteiger charge is -2.27. The van der Waals surface area contributed by atoms with E-state index in [1.54, 1.807) is 0 Å². The van der Waals surface area contributed by atoms with E-state index in [9.17, 15) is 9.59 Å². The average molecular weight is 317 g/mol. The molecule has 0 spiro atoms. The van der Waals surface area contributed by atoms with Gasteiger partial charge < -0.3 is 10.4 Å². The molecule has 1 aliphatic rings. The van der Waals surface area contributed by atoms with Crippen molar-refractivity contribution in [3.05, 3.63) is 35.4 Å². The summed E-state index contributed by atoms with van der Waals surface area (Å²) in [5.74, 6) is -0.645. The first kappa shape index (κ1) is 17.7. The third-order valence-corrected chi connectivity index (χ3v) is 4.60. The van der Waals surface area contributed by atoms with Crippen molar-refractivity contribution in [2.75, 3.05) is 0 Å². The van der Waals surface area contributed by atoms with Gasteiger partial charge in [0.25, 0.3) is 0 Å². The minimum Gasteiger partial charge on any atom is -0.481 e. The maximum Gasteiger partial charge on any atom is 0.305 e. The van der Waals surface area contributed by atoms with Crippen LogP contribution in [0.25, 0.3) is 0 Å². The van der Waals surface area contributed by atoms with E-state index in [4.69, 9.17) is 5.11 Å². The van der Waals surface area contributed by atoms with Gasteiger partial charge in [-0.3, -0.25) is 9.59 Å². The molecule has 1 aromatic carbocycles. The summed E-state index contributed by atoms with van der Waals surface area (Å²) in [5.41, 5.74) is 1.76. The van der Waals surface area contributed by atoms with Crippen molar-refractivity contribution in [2.24, 2.45) is 0 Å². The predicted molar refractivity (Wildman–Crippen MR) is 90.9 cm³/mol. The number of benzene rings is 1. The van der Waals surface area contributed by atoms with Gasteiger partial charge in [-0.1, -0.05) is 57.4 Å². The minimum absolute atomic E-state index is 0.117. The third-order valence-electron chi connectivity index (χ3n) is 4.60. The zero-order valence-corrected chi connectivity index (χ0v) is 14.0. The number of aliphatic carboxylic acids is 1. The molecule has 0 radical (unpaired) electrons. The van der Waals surface area contributed by atoms with Crippen molar-refractivity contribution < 1.29 is 14.7 Å². The number of carboxylic acids is 1. The maximum absolute atomic E-state index is 12.7.